The smallest absolute Gasteiger partial charge is 0.253 e. The van der Waals surface area contributed by atoms with E-state index in [4.69, 9.17) is 5.73 Å². The summed E-state index contributed by atoms with van der Waals surface area (Å²) in [6, 6.07) is 3.50. The third-order valence-corrected chi connectivity index (χ3v) is 2.12. The summed E-state index contributed by atoms with van der Waals surface area (Å²) in [4.78, 5) is 23.0. The van der Waals surface area contributed by atoms with Crippen molar-refractivity contribution in [1.82, 2.24) is 10.6 Å². The number of rotatable bonds is 4. The Kier molecular flexibility index (Phi) is 4.65. The molecule has 5 nitrogen and oxygen atoms in total. The van der Waals surface area contributed by atoms with Crippen molar-refractivity contribution in [2.24, 2.45) is 0 Å². The molecule has 6 heteroatoms. The number of amides is 2. The standard InChI is InChI=1S/C12H16FN3O2/c1-7(2)16-11(17)6-15-12(18)9-5-8(13)3-4-10(9)14/h3-5,7H,6,14H2,1-2H3,(H,15,18)(H,16,17). The Bertz CT molecular complexity index is 461. The van der Waals surface area contributed by atoms with Gasteiger partial charge in [-0.15, -0.1) is 0 Å². The van der Waals surface area contributed by atoms with E-state index in [9.17, 15) is 14.0 Å². The van der Waals surface area contributed by atoms with Gasteiger partial charge in [0.15, 0.2) is 0 Å². The van der Waals surface area contributed by atoms with Crippen molar-refractivity contribution in [2.75, 3.05) is 12.3 Å². The average Bonchev–Trinajstić information content (AvgIpc) is 2.28. The summed E-state index contributed by atoms with van der Waals surface area (Å²) in [6.45, 7) is 3.45. The first-order valence-electron chi connectivity index (χ1n) is 5.52. The van der Waals surface area contributed by atoms with Crippen molar-refractivity contribution in [3.63, 3.8) is 0 Å². The molecule has 0 aromatic heterocycles. The van der Waals surface area contributed by atoms with Crippen molar-refractivity contribution in [3.8, 4) is 0 Å². The second kappa shape index (κ2) is 6.00. The van der Waals surface area contributed by atoms with Gasteiger partial charge in [0.1, 0.15) is 5.82 Å². The molecule has 0 saturated carbocycles. The van der Waals surface area contributed by atoms with Crippen molar-refractivity contribution >= 4 is 17.5 Å². The Morgan fingerprint density at radius 2 is 2.06 bits per heavy atom. The van der Waals surface area contributed by atoms with Crippen LogP contribution < -0.4 is 16.4 Å². The fraction of sp³-hybridized carbons (Fsp3) is 0.333. The highest BCUT2D eigenvalue weighted by molar-refractivity contribution is 6.00. The molecule has 0 aliphatic heterocycles. The van der Waals surface area contributed by atoms with Crippen LogP contribution in [0.25, 0.3) is 0 Å². The van der Waals surface area contributed by atoms with E-state index in [1.165, 1.54) is 6.07 Å². The van der Waals surface area contributed by atoms with E-state index in [2.05, 4.69) is 10.6 Å². The van der Waals surface area contributed by atoms with Gasteiger partial charge in [-0.3, -0.25) is 9.59 Å². The van der Waals surface area contributed by atoms with Crippen LogP contribution in [0.15, 0.2) is 18.2 Å². The summed E-state index contributed by atoms with van der Waals surface area (Å²) in [6.07, 6.45) is 0. The monoisotopic (exact) mass is 253 g/mol. The molecular formula is C12H16FN3O2. The Hall–Kier alpha value is -2.11. The van der Waals surface area contributed by atoms with Gasteiger partial charge in [0.25, 0.3) is 5.91 Å². The minimum atomic E-state index is -0.578. The molecule has 0 aliphatic rings. The molecule has 0 aliphatic carbocycles. The maximum Gasteiger partial charge on any atom is 0.253 e. The molecule has 98 valence electrons. The molecule has 2 amide bonds. The number of anilines is 1. The molecular weight excluding hydrogens is 237 g/mol. The largest absolute Gasteiger partial charge is 0.398 e. The minimum absolute atomic E-state index is 0.00589. The number of hydrogen-bond donors (Lipinski definition) is 3. The van der Waals surface area contributed by atoms with Crippen LogP contribution in [0.1, 0.15) is 24.2 Å². The quantitative estimate of drug-likeness (QED) is 0.689. The molecule has 0 heterocycles. The van der Waals surface area contributed by atoms with Crippen LogP contribution in [0.5, 0.6) is 0 Å². The molecule has 0 fully saturated rings. The number of nitrogens with two attached hydrogens (primary N) is 1. The number of carbonyl (C=O) groups excluding carboxylic acids is 2. The number of nitrogen functional groups attached to an aromatic ring is 1. The first-order valence-corrected chi connectivity index (χ1v) is 5.52. The third-order valence-electron chi connectivity index (χ3n) is 2.12. The summed E-state index contributed by atoms with van der Waals surface area (Å²) >= 11 is 0. The van der Waals surface area contributed by atoms with Crippen LogP contribution in [0.4, 0.5) is 10.1 Å². The SMILES string of the molecule is CC(C)NC(=O)CNC(=O)c1cc(F)ccc1N. The number of carbonyl (C=O) groups is 2. The Labute approximate surface area is 105 Å². The van der Waals surface area contributed by atoms with Crippen molar-refractivity contribution in [1.29, 1.82) is 0 Å². The summed E-state index contributed by atoms with van der Waals surface area (Å²) in [7, 11) is 0. The van der Waals surface area contributed by atoms with Gasteiger partial charge in [0.05, 0.1) is 12.1 Å². The average molecular weight is 253 g/mol. The summed E-state index contributed by atoms with van der Waals surface area (Å²) in [5, 5.41) is 4.99. The van der Waals surface area contributed by atoms with Gasteiger partial charge in [-0.2, -0.15) is 0 Å². The fourth-order valence-corrected chi connectivity index (χ4v) is 1.35. The minimum Gasteiger partial charge on any atom is -0.398 e. The van der Waals surface area contributed by atoms with Gasteiger partial charge < -0.3 is 16.4 Å². The lowest BCUT2D eigenvalue weighted by Gasteiger charge is -2.10. The van der Waals surface area contributed by atoms with E-state index in [0.717, 1.165) is 12.1 Å². The second-order valence-electron chi connectivity index (χ2n) is 4.14. The van der Waals surface area contributed by atoms with Crippen LogP contribution in [0.3, 0.4) is 0 Å². The number of hydrogen-bond acceptors (Lipinski definition) is 3. The van der Waals surface area contributed by atoms with Crippen molar-refractivity contribution < 1.29 is 14.0 Å². The predicted octanol–water partition coefficient (Wildman–Crippen LogP) is 0.662. The molecule has 0 atom stereocenters. The number of benzene rings is 1. The van der Waals surface area contributed by atoms with Crippen LogP contribution >= 0.6 is 0 Å². The summed E-state index contributed by atoms with van der Waals surface area (Å²) in [5.74, 6) is -1.44. The van der Waals surface area contributed by atoms with Crippen LogP contribution in [-0.4, -0.2) is 24.4 Å². The predicted molar refractivity (Wildman–Crippen MR) is 66.4 cm³/mol. The highest BCUT2D eigenvalue weighted by atomic mass is 19.1. The number of halogens is 1. The normalized spacial score (nSPS) is 10.2. The molecule has 0 spiro atoms. The molecule has 0 bridgehead atoms. The fourth-order valence-electron chi connectivity index (χ4n) is 1.35. The zero-order chi connectivity index (χ0) is 13.7. The molecule has 0 saturated heterocycles. The van der Waals surface area contributed by atoms with Gasteiger partial charge in [-0.1, -0.05) is 0 Å². The molecule has 18 heavy (non-hydrogen) atoms. The Morgan fingerprint density at radius 3 is 2.67 bits per heavy atom. The van der Waals surface area contributed by atoms with E-state index in [1.54, 1.807) is 0 Å². The first kappa shape index (κ1) is 14.0. The van der Waals surface area contributed by atoms with Gasteiger partial charge in [-0.25, -0.2) is 4.39 Å². The van der Waals surface area contributed by atoms with E-state index in [-0.39, 0.29) is 29.7 Å². The maximum atomic E-state index is 13.0. The highest BCUT2D eigenvalue weighted by Gasteiger charge is 2.12. The second-order valence-corrected chi connectivity index (χ2v) is 4.14. The molecule has 0 radical (unpaired) electrons. The molecule has 1 aromatic carbocycles. The van der Waals surface area contributed by atoms with Crippen LogP contribution in [0, 0.1) is 5.82 Å². The number of nitrogens with one attached hydrogen (secondary N) is 2. The lowest BCUT2D eigenvalue weighted by Crippen LogP contribution is -2.40. The van der Waals surface area contributed by atoms with Crippen LogP contribution in [0.2, 0.25) is 0 Å². The van der Waals surface area contributed by atoms with Crippen molar-refractivity contribution in [3.05, 3.63) is 29.6 Å². The van der Waals surface area contributed by atoms with E-state index in [0.29, 0.717) is 0 Å². The Morgan fingerprint density at radius 1 is 1.39 bits per heavy atom. The first-order chi connectivity index (χ1) is 8.40. The zero-order valence-electron chi connectivity index (χ0n) is 10.3. The lowest BCUT2D eigenvalue weighted by molar-refractivity contribution is -0.120. The van der Waals surface area contributed by atoms with Crippen molar-refractivity contribution in [2.45, 2.75) is 19.9 Å². The molecule has 1 aromatic rings. The third kappa shape index (κ3) is 4.04. The van der Waals surface area contributed by atoms with Gasteiger partial charge >= 0.3 is 0 Å². The maximum absolute atomic E-state index is 13.0. The van der Waals surface area contributed by atoms with Gasteiger partial charge in [0.2, 0.25) is 5.91 Å². The van der Waals surface area contributed by atoms with E-state index >= 15 is 0 Å². The van der Waals surface area contributed by atoms with Gasteiger partial charge in [0, 0.05) is 11.7 Å². The van der Waals surface area contributed by atoms with Crippen LogP contribution in [-0.2, 0) is 4.79 Å². The molecule has 1 rings (SSSR count). The van der Waals surface area contributed by atoms with E-state index in [1.807, 2.05) is 13.8 Å². The summed E-state index contributed by atoms with van der Waals surface area (Å²) in [5.41, 5.74) is 5.74. The lowest BCUT2D eigenvalue weighted by atomic mass is 10.1. The topological polar surface area (TPSA) is 84.2 Å². The summed E-state index contributed by atoms with van der Waals surface area (Å²) < 4.78 is 13.0. The van der Waals surface area contributed by atoms with E-state index < -0.39 is 11.7 Å². The van der Waals surface area contributed by atoms with Gasteiger partial charge in [-0.05, 0) is 32.0 Å². The zero-order valence-corrected chi connectivity index (χ0v) is 10.3. The Balaban J connectivity index is 2.60. The molecule has 4 N–H and O–H groups in total. The molecule has 0 unspecified atom stereocenters. The highest BCUT2D eigenvalue weighted by Crippen LogP contribution is 2.12.